The highest BCUT2D eigenvalue weighted by Gasteiger charge is 2.11. The van der Waals surface area contributed by atoms with Gasteiger partial charge in [0.2, 0.25) is 0 Å². The van der Waals surface area contributed by atoms with Gasteiger partial charge >= 0.3 is 0 Å². The standard InChI is InChI=1S/C18H19Cl2NO2/c1-2-21-17-5-3-13(22-9-7-19)11-15(17)16-12-14(23-10-8-20)4-6-18(16)21/h3-6,11-12H,2,7-10H2,1H3. The minimum atomic E-state index is 0.477. The molecule has 0 aliphatic rings. The zero-order chi connectivity index (χ0) is 16.2. The van der Waals surface area contributed by atoms with E-state index in [4.69, 9.17) is 32.7 Å². The number of benzene rings is 2. The van der Waals surface area contributed by atoms with E-state index >= 15 is 0 Å². The van der Waals surface area contributed by atoms with Gasteiger partial charge in [-0.25, -0.2) is 0 Å². The maximum Gasteiger partial charge on any atom is 0.120 e. The molecule has 0 amide bonds. The maximum atomic E-state index is 5.70. The molecule has 0 bridgehead atoms. The van der Waals surface area contributed by atoms with Crippen LogP contribution in [0, 0.1) is 0 Å². The van der Waals surface area contributed by atoms with Gasteiger partial charge in [0.15, 0.2) is 0 Å². The molecule has 0 aliphatic heterocycles. The van der Waals surface area contributed by atoms with Crippen molar-refractivity contribution in [2.24, 2.45) is 0 Å². The van der Waals surface area contributed by atoms with E-state index in [0.29, 0.717) is 25.0 Å². The van der Waals surface area contributed by atoms with E-state index in [1.54, 1.807) is 0 Å². The number of nitrogens with zero attached hydrogens (tertiary/aromatic N) is 1. The molecule has 0 radical (unpaired) electrons. The third-order valence-corrected chi connectivity index (χ3v) is 4.12. The van der Waals surface area contributed by atoms with Crippen LogP contribution < -0.4 is 9.47 Å². The minimum Gasteiger partial charge on any atom is -0.492 e. The fourth-order valence-corrected chi connectivity index (χ4v) is 3.05. The molecule has 0 unspecified atom stereocenters. The molecule has 3 nitrogen and oxygen atoms in total. The van der Waals surface area contributed by atoms with Crippen molar-refractivity contribution in [1.29, 1.82) is 0 Å². The number of halogens is 2. The smallest absolute Gasteiger partial charge is 0.120 e. The zero-order valence-electron chi connectivity index (χ0n) is 13.0. The van der Waals surface area contributed by atoms with Crippen molar-refractivity contribution in [2.75, 3.05) is 25.0 Å². The van der Waals surface area contributed by atoms with Crippen LogP contribution in [0.25, 0.3) is 21.8 Å². The molecule has 1 aromatic heterocycles. The molecule has 23 heavy (non-hydrogen) atoms. The Kier molecular flexibility index (Phi) is 5.19. The Morgan fingerprint density at radius 1 is 0.826 bits per heavy atom. The summed E-state index contributed by atoms with van der Waals surface area (Å²) in [7, 11) is 0. The van der Waals surface area contributed by atoms with E-state index < -0.39 is 0 Å². The molecule has 3 aromatic rings. The molecule has 1 heterocycles. The highest BCUT2D eigenvalue weighted by atomic mass is 35.5. The zero-order valence-corrected chi connectivity index (χ0v) is 14.5. The van der Waals surface area contributed by atoms with Crippen LogP contribution in [0.3, 0.4) is 0 Å². The van der Waals surface area contributed by atoms with Gasteiger partial charge in [0.05, 0.1) is 11.8 Å². The molecular formula is C18H19Cl2NO2. The first-order chi connectivity index (χ1) is 11.3. The summed E-state index contributed by atoms with van der Waals surface area (Å²) >= 11 is 11.4. The van der Waals surface area contributed by atoms with Gasteiger partial charge < -0.3 is 14.0 Å². The van der Waals surface area contributed by atoms with Gasteiger partial charge in [-0.15, -0.1) is 23.2 Å². The molecule has 0 saturated heterocycles. The molecule has 0 spiro atoms. The fraction of sp³-hybridized carbons (Fsp3) is 0.333. The number of hydrogen-bond acceptors (Lipinski definition) is 2. The van der Waals surface area contributed by atoms with E-state index in [1.807, 2.05) is 12.1 Å². The Labute approximate surface area is 145 Å². The van der Waals surface area contributed by atoms with Crippen LogP contribution in [0.15, 0.2) is 36.4 Å². The number of hydrogen-bond donors (Lipinski definition) is 0. The average Bonchev–Trinajstić information content (AvgIpc) is 2.90. The van der Waals surface area contributed by atoms with Gasteiger partial charge in [-0.05, 0) is 43.3 Å². The SMILES string of the molecule is CCn1c2ccc(OCCCl)cc2c2cc(OCCCl)ccc21. The van der Waals surface area contributed by atoms with Crippen LogP contribution in [0.2, 0.25) is 0 Å². The second-order valence-corrected chi connectivity index (χ2v) is 5.93. The number of aromatic nitrogens is 1. The van der Waals surface area contributed by atoms with Crippen molar-refractivity contribution in [3.05, 3.63) is 36.4 Å². The summed E-state index contributed by atoms with van der Waals surface area (Å²) in [5.41, 5.74) is 2.38. The maximum absolute atomic E-state index is 5.70. The second-order valence-electron chi connectivity index (χ2n) is 5.18. The molecule has 0 atom stereocenters. The first-order valence-corrected chi connectivity index (χ1v) is 8.79. The molecular weight excluding hydrogens is 333 g/mol. The Balaban J connectivity index is 2.14. The summed E-state index contributed by atoms with van der Waals surface area (Å²) in [6.45, 7) is 4.06. The molecule has 0 aliphatic carbocycles. The third-order valence-electron chi connectivity index (χ3n) is 3.82. The molecule has 0 N–H and O–H groups in total. The Bertz CT molecular complexity index is 748. The van der Waals surface area contributed by atoms with Crippen LogP contribution >= 0.6 is 23.2 Å². The predicted molar refractivity (Wildman–Crippen MR) is 97.5 cm³/mol. The lowest BCUT2D eigenvalue weighted by atomic mass is 10.1. The first kappa shape index (κ1) is 16.3. The van der Waals surface area contributed by atoms with Crippen molar-refractivity contribution >= 4 is 45.0 Å². The molecule has 0 fully saturated rings. The van der Waals surface area contributed by atoms with Crippen molar-refractivity contribution in [3.63, 3.8) is 0 Å². The van der Waals surface area contributed by atoms with Gasteiger partial charge in [-0.1, -0.05) is 0 Å². The minimum absolute atomic E-state index is 0.477. The summed E-state index contributed by atoms with van der Waals surface area (Å²) in [6.07, 6.45) is 0. The van der Waals surface area contributed by atoms with Crippen molar-refractivity contribution in [2.45, 2.75) is 13.5 Å². The van der Waals surface area contributed by atoms with Crippen molar-refractivity contribution < 1.29 is 9.47 Å². The summed E-state index contributed by atoms with van der Waals surface area (Å²) in [4.78, 5) is 0. The van der Waals surface area contributed by atoms with E-state index in [-0.39, 0.29) is 0 Å². The average molecular weight is 352 g/mol. The largest absolute Gasteiger partial charge is 0.492 e. The van der Waals surface area contributed by atoms with E-state index in [2.05, 4.69) is 35.8 Å². The normalized spacial score (nSPS) is 11.3. The molecule has 3 rings (SSSR count). The van der Waals surface area contributed by atoms with Gasteiger partial charge in [0.1, 0.15) is 24.7 Å². The summed E-state index contributed by atoms with van der Waals surface area (Å²) in [5.74, 6) is 2.62. The third kappa shape index (κ3) is 3.22. The van der Waals surface area contributed by atoms with Gasteiger partial charge in [0.25, 0.3) is 0 Å². The van der Waals surface area contributed by atoms with Crippen LogP contribution in [-0.4, -0.2) is 29.5 Å². The summed E-state index contributed by atoms with van der Waals surface area (Å²) in [5, 5.41) is 2.32. The monoisotopic (exact) mass is 351 g/mol. The number of fused-ring (bicyclic) bond motifs is 3. The first-order valence-electron chi connectivity index (χ1n) is 7.72. The number of aryl methyl sites for hydroxylation is 1. The quantitative estimate of drug-likeness (QED) is 0.556. The molecule has 2 aromatic carbocycles. The molecule has 122 valence electrons. The van der Waals surface area contributed by atoms with E-state index in [9.17, 15) is 0 Å². The summed E-state index contributed by atoms with van der Waals surface area (Å²) < 4.78 is 13.6. The lowest BCUT2D eigenvalue weighted by molar-refractivity contribution is 0.343. The van der Waals surface area contributed by atoms with Crippen molar-refractivity contribution in [3.8, 4) is 11.5 Å². The topological polar surface area (TPSA) is 23.4 Å². The van der Waals surface area contributed by atoms with Crippen LogP contribution in [-0.2, 0) is 6.54 Å². The van der Waals surface area contributed by atoms with E-state index in [1.165, 1.54) is 11.0 Å². The number of ether oxygens (including phenoxy) is 2. The highest BCUT2D eigenvalue weighted by Crippen LogP contribution is 2.34. The number of alkyl halides is 2. The Hall–Kier alpha value is -1.58. The van der Waals surface area contributed by atoms with Gasteiger partial charge in [-0.3, -0.25) is 0 Å². The lowest BCUT2D eigenvalue weighted by Gasteiger charge is -2.05. The van der Waals surface area contributed by atoms with Gasteiger partial charge in [0, 0.05) is 28.4 Å². The highest BCUT2D eigenvalue weighted by molar-refractivity contribution is 6.18. The van der Waals surface area contributed by atoms with Crippen LogP contribution in [0.1, 0.15) is 6.92 Å². The van der Waals surface area contributed by atoms with Crippen LogP contribution in [0.4, 0.5) is 0 Å². The predicted octanol–water partition coefficient (Wildman–Crippen LogP) is 5.05. The molecule has 5 heteroatoms. The fourth-order valence-electron chi connectivity index (χ4n) is 2.90. The van der Waals surface area contributed by atoms with Crippen LogP contribution in [0.5, 0.6) is 11.5 Å². The second kappa shape index (κ2) is 7.33. The van der Waals surface area contributed by atoms with E-state index in [0.717, 1.165) is 28.8 Å². The van der Waals surface area contributed by atoms with Gasteiger partial charge in [-0.2, -0.15) is 0 Å². The molecule has 0 saturated carbocycles. The van der Waals surface area contributed by atoms with Crippen molar-refractivity contribution in [1.82, 2.24) is 4.57 Å². The lowest BCUT2D eigenvalue weighted by Crippen LogP contribution is -1.98. The summed E-state index contributed by atoms with van der Waals surface area (Å²) in [6, 6.07) is 12.3. The number of rotatable bonds is 7. The Morgan fingerprint density at radius 3 is 1.70 bits per heavy atom. The Morgan fingerprint density at radius 2 is 1.30 bits per heavy atom.